The van der Waals surface area contributed by atoms with Gasteiger partial charge >= 0.3 is 12.1 Å². The summed E-state index contributed by atoms with van der Waals surface area (Å²) < 4.78 is 72.5. The zero-order chi connectivity index (χ0) is 40.2. The molecule has 310 valence electrons. The highest BCUT2D eigenvalue weighted by molar-refractivity contribution is 7.89. The van der Waals surface area contributed by atoms with Crippen LogP contribution in [0, 0.1) is 6.92 Å². The van der Waals surface area contributed by atoms with Crippen LogP contribution >= 0.6 is 0 Å². The van der Waals surface area contributed by atoms with Crippen molar-refractivity contribution in [2.24, 2.45) is 0 Å². The van der Waals surface area contributed by atoms with Crippen LogP contribution < -0.4 is 10.1 Å². The van der Waals surface area contributed by atoms with E-state index in [0.29, 0.717) is 31.0 Å². The lowest BCUT2D eigenvalue weighted by Crippen LogP contribution is -2.35. The molecule has 12 heteroatoms. The number of sulfonamides is 1. The third kappa shape index (κ3) is 22.6. The van der Waals surface area contributed by atoms with Crippen LogP contribution in [-0.4, -0.2) is 56.2 Å². The van der Waals surface area contributed by atoms with E-state index in [1.165, 1.54) is 70.0 Å². The number of rotatable bonds is 23. The molecule has 0 spiro atoms. The van der Waals surface area contributed by atoms with Crippen molar-refractivity contribution in [3.8, 4) is 5.75 Å². The molecule has 0 atom stereocenters. The van der Waals surface area contributed by atoms with Gasteiger partial charge in [-0.2, -0.15) is 17.5 Å². The minimum atomic E-state index is -4.00. The highest BCUT2D eigenvalue weighted by Gasteiger charge is 2.26. The second kappa shape index (κ2) is 28.0. The fraction of sp³-hybridized carbons (Fsp3) is 0.605. The van der Waals surface area contributed by atoms with Gasteiger partial charge in [0.2, 0.25) is 10.0 Å². The van der Waals surface area contributed by atoms with Gasteiger partial charge in [-0.1, -0.05) is 108 Å². The van der Waals surface area contributed by atoms with Crippen LogP contribution in [0.1, 0.15) is 145 Å². The molecule has 0 unspecified atom stereocenters. The van der Waals surface area contributed by atoms with Crippen molar-refractivity contribution < 1.29 is 40.6 Å². The van der Waals surface area contributed by atoms with Gasteiger partial charge in [0.15, 0.2) is 0 Å². The minimum Gasteiger partial charge on any atom is -0.494 e. The fourth-order valence-corrected chi connectivity index (χ4v) is 7.53. The number of carboxylic acids is 1. The number of hydrogen-bond donors (Lipinski definition) is 2. The number of piperidine rings is 1. The lowest BCUT2D eigenvalue weighted by atomic mass is 10.1. The molecular formula is C43H65F3N2O6S. The number of unbranched alkanes of at least 4 members (excludes halogenated alkanes) is 13. The van der Waals surface area contributed by atoms with Gasteiger partial charge in [-0.15, -0.1) is 0 Å². The van der Waals surface area contributed by atoms with E-state index < -0.39 is 28.6 Å². The van der Waals surface area contributed by atoms with E-state index in [4.69, 9.17) is 9.84 Å². The summed E-state index contributed by atoms with van der Waals surface area (Å²) in [6, 6.07) is 16.6. The number of ether oxygens (including phenoxy) is 1. The van der Waals surface area contributed by atoms with Crippen LogP contribution in [0.5, 0.6) is 5.75 Å². The molecule has 0 radical (unpaired) electrons. The van der Waals surface area contributed by atoms with E-state index in [2.05, 4.69) is 28.8 Å². The topological polar surface area (TPSA) is 109 Å². The van der Waals surface area contributed by atoms with Gasteiger partial charge in [0, 0.05) is 31.7 Å². The quantitative estimate of drug-likeness (QED) is 0.0920. The number of aromatic carboxylic acids is 1. The lowest BCUT2D eigenvalue weighted by Gasteiger charge is -2.25. The molecule has 55 heavy (non-hydrogen) atoms. The van der Waals surface area contributed by atoms with Crippen molar-refractivity contribution in [1.82, 2.24) is 4.31 Å². The lowest BCUT2D eigenvalue weighted by molar-refractivity contribution is -0.135. The molecule has 1 saturated heterocycles. The number of alkyl halides is 3. The third-order valence-electron chi connectivity index (χ3n) is 9.33. The second-order valence-electron chi connectivity index (χ2n) is 14.2. The summed E-state index contributed by atoms with van der Waals surface area (Å²) in [5, 5.41) is 11.7. The Balaban J connectivity index is 0.000000354. The molecule has 2 heterocycles. The number of aryl methyl sites for hydroxylation is 1. The first-order valence-electron chi connectivity index (χ1n) is 20.3. The average molecular weight is 795 g/mol. The van der Waals surface area contributed by atoms with E-state index in [9.17, 15) is 26.4 Å². The van der Waals surface area contributed by atoms with Crippen LogP contribution in [0.3, 0.4) is 0 Å². The molecule has 1 aliphatic heterocycles. The van der Waals surface area contributed by atoms with Crippen molar-refractivity contribution in [3.05, 3.63) is 78.3 Å². The summed E-state index contributed by atoms with van der Waals surface area (Å²) in [4.78, 5) is 10.4. The highest BCUT2D eigenvalue weighted by atomic mass is 32.2. The smallest absolute Gasteiger partial charge is 0.389 e. The summed E-state index contributed by atoms with van der Waals surface area (Å²) in [5.74, 6) is -0.0662. The molecule has 1 aromatic heterocycles. The summed E-state index contributed by atoms with van der Waals surface area (Å²) in [5.41, 5.74) is 2.41. The molecule has 0 aliphatic carbocycles. The Hall–Kier alpha value is -3.51. The Morgan fingerprint density at radius 2 is 1.35 bits per heavy atom. The summed E-state index contributed by atoms with van der Waals surface area (Å²) in [6.07, 6.45) is 17.6. The van der Waals surface area contributed by atoms with Gasteiger partial charge in [-0.3, -0.25) is 0 Å². The Morgan fingerprint density at radius 1 is 0.782 bits per heavy atom. The SMILES string of the molecule is CCCCCCCCCCNc1ccc(OCCCCCCCCCC(F)(F)F)cc1.Cc1ccc(S(=O)(=O)N2CCCCC2)cc1.O=C(O)c1ccoc1. The van der Waals surface area contributed by atoms with Crippen LogP contribution in [0.15, 0.2) is 76.4 Å². The van der Waals surface area contributed by atoms with Gasteiger partial charge < -0.3 is 19.6 Å². The molecule has 2 aromatic carbocycles. The number of nitrogens with one attached hydrogen (secondary N) is 1. The zero-order valence-electron chi connectivity index (χ0n) is 33.1. The maximum atomic E-state index is 12.2. The predicted molar refractivity (Wildman–Crippen MR) is 215 cm³/mol. The molecule has 1 aliphatic rings. The van der Waals surface area contributed by atoms with Crippen LogP contribution in [-0.2, 0) is 10.0 Å². The molecule has 3 aromatic rings. The first-order valence-corrected chi connectivity index (χ1v) is 21.7. The van der Waals surface area contributed by atoms with E-state index in [-0.39, 0.29) is 12.0 Å². The Labute approximate surface area is 328 Å². The molecule has 0 bridgehead atoms. The number of benzene rings is 2. The number of nitrogens with zero attached hydrogens (tertiary/aromatic N) is 1. The number of furan rings is 1. The maximum Gasteiger partial charge on any atom is 0.389 e. The van der Waals surface area contributed by atoms with Crippen LogP contribution in [0.2, 0.25) is 0 Å². The molecule has 4 rings (SSSR count). The summed E-state index contributed by atoms with van der Waals surface area (Å²) in [7, 11) is -3.25. The standard InChI is InChI=1S/C26H44F3NO.C12H17NO2S.C5H4O3/c1-2-3-4-5-6-9-12-15-22-30-24-17-19-25(20-18-24)31-23-16-13-10-7-8-11-14-21-26(27,28)29;1-11-5-7-12(8-6-11)16(14,15)13-9-3-2-4-10-13;6-5(7)4-1-2-8-3-4/h17-20,30H,2-16,21-23H2,1H3;5-8H,2-4,9-10H2,1H3;1-3H,(H,6,7). The molecular weight excluding hydrogens is 730 g/mol. The van der Waals surface area contributed by atoms with Gasteiger partial charge in [-0.05, 0) is 81.5 Å². The van der Waals surface area contributed by atoms with Crippen molar-refractivity contribution in [1.29, 1.82) is 0 Å². The van der Waals surface area contributed by atoms with Crippen molar-refractivity contribution in [2.45, 2.75) is 147 Å². The number of halogens is 3. The van der Waals surface area contributed by atoms with Gasteiger partial charge in [-0.25, -0.2) is 13.2 Å². The summed E-state index contributed by atoms with van der Waals surface area (Å²) >= 11 is 0. The number of hydrogen-bond acceptors (Lipinski definition) is 6. The maximum absolute atomic E-state index is 12.2. The van der Waals surface area contributed by atoms with Crippen molar-refractivity contribution in [2.75, 3.05) is 31.6 Å². The molecule has 1 fully saturated rings. The van der Waals surface area contributed by atoms with Crippen molar-refractivity contribution >= 4 is 21.7 Å². The van der Waals surface area contributed by atoms with Crippen LogP contribution in [0.4, 0.5) is 18.9 Å². The molecule has 0 saturated carbocycles. The molecule has 0 amide bonds. The van der Waals surface area contributed by atoms with E-state index in [1.807, 2.05) is 31.2 Å². The highest BCUT2D eigenvalue weighted by Crippen LogP contribution is 2.24. The first kappa shape index (κ1) is 47.6. The molecule has 2 N–H and O–H groups in total. The zero-order valence-corrected chi connectivity index (χ0v) is 33.9. The van der Waals surface area contributed by atoms with Gasteiger partial charge in [0.25, 0.3) is 0 Å². The number of anilines is 1. The minimum absolute atomic E-state index is 0.185. The van der Waals surface area contributed by atoms with Crippen LogP contribution in [0.25, 0.3) is 0 Å². The van der Waals surface area contributed by atoms with E-state index in [1.54, 1.807) is 16.4 Å². The first-order chi connectivity index (χ1) is 26.4. The van der Waals surface area contributed by atoms with Crippen molar-refractivity contribution in [3.63, 3.8) is 0 Å². The Kier molecular flexibility index (Phi) is 24.2. The summed E-state index contributed by atoms with van der Waals surface area (Å²) in [6.45, 7) is 7.25. The normalized spacial score (nSPS) is 13.3. The molecule has 8 nitrogen and oxygen atoms in total. The van der Waals surface area contributed by atoms with Gasteiger partial charge in [0.1, 0.15) is 12.0 Å². The van der Waals surface area contributed by atoms with E-state index >= 15 is 0 Å². The number of carbonyl (C=O) groups is 1. The third-order valence-corrected chi connectivity index (χ3v) is 11.2. The average Bonchev–Trinajstić information content (AvgIpc) is 3.72. The Bertz CT molecular complexity index is 1490. The second-order valence-corrected chi connectivity index (χ2v) is 16.1. The Morgan fingerprint density at radius 3 is 1.87 bits per heavy atom. The fourth-order valence-electron chi connectivity index (χ4n) is 6.01. The number of carboxylic acid groups (broad SMARTS) is 1. The largest absolute Gasteiger partial charge is 0.494 e. The monoisotopic (exact) mass is 794 g/mol. The van der Waals surface area contributed by atoms with E-state index in [0.717, 1.165) is 74.9 Å². The van der Waals surface area contributed by atoms with Gasteiger partial charge in [0.05, 0.1) is 23.3 Å². The predicted octanol–water partition coefficient (Wildman–Crippen LogP) is 12.4.